The van der Waals surface area contributed by atoms with E-state index in [9.17, 15) is 4.79 Å². The summed E-state index contributed by atoms with van der Waals surface area (Å²) in [6.45, 7) is 0. The van der Waals surface area contributed by atoms with Crippen molar-refractivity contribution in [1.82, 2.24) is 0 Å². The molecule has 0 heterocycles. The third-order valence-corrected chi connectivity index (χ3v) is 7.31. The molecule has 2 heteroatoms. The molecular weight excluding hydrogens is 320 g/mol. The average molecular weight is 359 g/mol. The summed E-state index contributed by atoms with van der Waals surface area (Å²) in [7, 11) is 1.45. The molecule has 3 fully saturated rings. The molecule has 3 saturated carbocycles. The monoisotopic (exact) mass is 358 g/mol. The van der Waals surface area contributed by atoms with E-state index in [2.05, 4.69) is 18.2 Å². The lowest BCUT2D eigenvalue weighted by molar-refractivity contribution is -0.134. The first-order valence-electron chi connectivity index (χ1n) is 11.2. The fraction of sp³-hybridized carbons (Fsp3) is 0.792. The Morgan fingerprint density at radius 2 is 1.12 bits per heavy atom. The molecule has 0 saturated heterocycles. The van der Waals surface area contributed by atoms with Crippen LogP contribution < -0.4 is 0 Å². The number of hydrogen-bond acceptors (Lipinski definition) is 2. The van der Waals surface area contributed by atoms with Crippen LogP contribution in [0.5, 0.6) is 0 Å². The summed E-state index contributed by atoms with van der Waals surface area (Å²) < 4.78 is 4.69. The predicted octanol–water partition coefficient (Wildman–Crippen LogP) is 6.46. The van der Waals surface area contributed by atoms with Crippen LogP contribution >= 0.6 is 0 Å². The zero-order valence-electron chi connectivity index (χ0n) is 16.7. The van der Waals surface area contributed by atoms with Crippen LogP contribution in [-0.4, -0.2) is 13.1 Å². The number of carbonyl (C=O) groups is 1. The van der Waals surface area contributed by atoms with Crippen LogP contribution in [0.4, 0.5) is 0 Å². The minimum atomic E-state index is -0.216. The zero-order valence-corrected chi connectivity index (χ0v) is 16.7. The number of ether oxygens (including phenoxy) is 1. The van der Waals surface area contributed by atoms with Gasteiger partial charge >= 0.3 is 5.97 Å². The summed E-state index contributed by atoms with van der Waals surface area (Å²) >= 11 is 0. The summed E-state index contributed by atoms with van der Waals surface area (Å²) in [5.41, 5.74) is 0. The van der Waals surface area contributed by atoms with Gasteiger partial charge < -0.3 is 4.74 Å². The highest BCUT2D eigenvalue weighted by Crippen LogP contribution is 2.42. The maximum absolute atomic E-state index is 11.2. The van der Waals surface area contributed by atoms with Gasteiger partial charge in [-0.15, -0.1) is 0 Å². The van der Waals surface area contributed by atoms with Crippen LogP contribution in [0.25, 0.3) is 0 Å². The van der Waals surface area contributed by atoms with E-state index in [1.54, 1.807) is 6.08 Å². The van der Waals surface area contributed by atoms with Crippen LogP contribution in [-0.2, 0) is 9.53 Å². The molecule has 0 amide bonds. The Labute approximate surface area is 160 Å². The van der Waals surface area contributed by atoms with Gasteiger partial charge in [0.25, 0.3) is 0 Å². The smallest absolute Gasteiger partial charge is 0.330 e. The zero-order chi connectivity index (χ0) is 18.2. The molecule has 0 bridgehead atoms. The number of carbonyl (C=O) groups excluding carboxylic acids is 1. The Morgan fingerprint density at radius 3 is 1.62 bits per heavy atom. The lowest BCUT2D eigenvalue weighted by Crippen LogP contribution is -2.25. The van der Waals surface area contributed by atoms with Gasteiger partial charge in [-0.05, 0) is 93.8 Å². The second kappa shape index (κ2) is 10.3. The molecule has 0 aromatic carbocycles. The molecule has 0 spiro atoms. The Balaban J connectivity index is 1.35. The molecule has 0 N–H and O–H groups in total. The van der Waals surface area contributed by atoms with E-state index < -0.39 is 0 Å². The summed E-state index contributed by atoms with van der Waals surface area (Å²) in [6, 6.07) is 0. The third-order valence-electron chi connectivity index (χ3n) is 7.31. The van der Waals surface area contributed by atoms with Gasteiger partial charge in [-0.25, -0.2) is 4.79 Å². The highest BCUT2D eigenvalue weighted by atomic mass is 16.5. The number of allylic oxidation sites excluding steroid dienone is 3. The Hall–Kier alpha value is -1.05. The van der Waals surface area contributed by atoms with Gasteiger partial charge in [0.2, 0.25) is 0 Å². The molecule has 146 valence electrons. The van der Waals surface area contributed by atoms with Crippen molar-refractivity contribution in [2.75, 3.05) is 7.11 Å². The van der Waals surface area contributed by atoms with Crippen molar-refractivity contribution in [3.8, 4) is 0 Å². The number of hydrogen-bond donors (Lipinski definition) is 0. The molecule has 3 aliphatic rings. The van der Waals surface area contributed by atoms with Gasteiger partial charge in [-0.2, -0.15) is 0 Å². The second-order valence-electron chi connectivity index (χ2n) is 9.01. The summed E-state index contributed by atoms with van der Waals surface area (Å²) in [5.74, 6) is 4.00. The van der Waals surface area contributed by atoms with Crippen LogP contribution in [0.2, 0.25) is 0 Å². The molecule has 0 aromatic heterocycles. The first-order chi connectivity index (χ1) is 12.7. The fourth-order valence-corrected chi connectivity index (χ4v) is 5.54. The molecular formula is C24H38O2. The molecule has 0 unspecified atom stereocenters. The van der Waals surface area contributed by atoms with Gasteiger partial charge in [0, 0.05) is 6.08 Å². The van der Waals surface area contributed by atoms with Crippen molar-refractivity contribution in [1.29, 1.82) is 0 Å². The molecule has 0 aliphatic heterocycles. The van der Waals surface area contributed by atoms with E-state index in [-0.39, 0.29) is 5.97 Å². The second-order valence-corrected chi connectivity index (χ2v) is 9.01. The standard InChI is InChI=1S/C24H38O2/c1-26-24(25)18-13-21-11-16-23(17-12-21)22-14-9-20(10-15-22)8-7-19-5-3-2-4-6-19/h7-8,13,18-23H,2-6,9-12,14-17H2,1H3. The predicted molar refractivity (Wildman–Crippen MR) is 108 cm³/mol. The largest absolute Gasteiger partial charge is 0.466 e. The van der Waals surface area contributed by atoms with E-state index in [0.717, 1.165) is 23.7 Å². The van der Waals surface area contributed by atoms with Crippen molar-refractivity contribution in [3.63, 3.8) is 0 Å². The average Bonchev–Trinajstić information content (AvgIpc) is 2.72. The van der Waals surface area contributed by atoms with E-state index in [0.29, 0.717) is 5.92 Å². The number of rotatable bonds is 5. The first kappa shape index (κ1) is 19.7. The normalized spacial score (nSPS) is 34.3. The maximum Gasteiger partial charge on any atom is 0.330 e. The van der Waals surface area contributed by atoms with Crippen molar-refractivity contribution in [3.05, 3.63) is 24.3 Å². The van der Waals surface area contributed by atoms with E-state index in [4.69, 9.17) is 4.74 Å². The molecule has 3 aliphatic carbocycles. The number of methoxy groups -OCH3 is 1. The molecule has 26 heavy (non-hydrogen) atoms. The van der Waals surface area contributed by atoms with Gasteiger partial charge in [0.05, 0.1) is 7.11 Å². The van der Waals surface area contributed by atoms with Gasteiger partial charge in [-0.3, -0.25) is 0 Å². The molecule has 0 radical (unpaired) electrons. The Morgan fingerprint density at radius 1 is 0.654 bits per heavy atom. The van der Waals surface area contributed by atoms with Gasteiger partial charge in [0.1, 0.15) is 0 Å². The summed E-state index contributed by atoms with van der Waals surface area (Å²) in [6.07, 6.45) is 27.0. The minimum Gasteiger partial charge on any atom is -0.466 e. The van der Waals surface area contributed by atoms with Crippen molar-refractivity contribution in [2.45, 2.75) is 83.5 Å². The van der Waals surface area contributed by atoms with Crippen LogP contribution in [0.15, 0.2) is 24.3 Å². The van der Waals surface area contributed by atoms with Crippen molar-refractivity contribution >= 4 is 5.97 Å². The van der Waals surface area contributed by atoms with Crippen LogP contribution in [0.3, 0.4) is 0 Å². The SMILES string of the molecule is COC(=O)C=CC1CCC(C2CCC(C=CC3CCCCC3)CC2)CC1. The van der Waals surface area contributed by atoms with Crippen LogP contribution in [0, 0.1) is 29.6 Å². The van der Waals surface area contributed by atoms with Gasteiger partial charge in [0.15, 0.2) is 0 Å². The molecule has 0 atom stereocenters. The van der Waals surface area contributed by atoms with E-state index in [1.807, 2.05) is 0 Å². The molecule has 0 aromatic rings. The number of esters is 1. The lowest BCUT2D eigenvalue weighted by atomic mass is 9.69. The quantitative estimate of drug-likeness (QED) is 0.320. The first-order valence-corrected chi connectivity index (χ1v) is 11.2. The van der Waals surface area contributed by atoms with E-state index >= 15 is 0 Å². The summed E-state index contributed by atoms with van der Waals surface area (Å²) in [5, 5.41) is 0. The highest BCUT2D eigenvalue weighted by Gasteiger charge is 2.29. The van der Waals surface area contributed by atoms with E-state index in [1.165, 1.54) is 90.6 Å². The Kier molecular flexibility index (Phi) is 7.83. The molecule has 3 rings (SSSR count). The lowest BCUT2D eigenvalue weighted by Gasteiger charge is -2.37. The summed E-state index contributed by atoms with van der Waals surface area (Å²) in [4.78, 5) is 11.2. The van der Waals surface area contributed by atoms with Crippen molar-refractivity contribution in [2.24, 2.45) is 29.6 Å². The van der Waals surface area contributed by atoms with Crippen molar-refractivity contribution < 1.29 is 9.53 Å². The maximum atomic E-state index is 11.2. The Bertz CT molecular complexity index is 470. The molecule has 2 nitrogen and oxygen atoms in total. The topological polar surface area (TPSA) is 26.3 Å². The third kappa shape index (κ3) is 5.99. The van der Waals surface area contributed by atoms with Crippen LogP contribution in [0.1, 0.15) is 83.5 Å². The fourth-order valence-electron chi connectivity index (χ4n) is 5.54. The highest BCUT2D eigenvalue weighted by molar-refractivity contribution is 5.81. The van der Waals surface area contributed by atoms with Gasteiger partial charge in [-0.1, -0.05) is 37.5 Å². The minimum absolute atomic E-state index is 0.216.